The lowest BCUT2D eigenvalue weighted by atomic mass is 10.1. The van der Waals surface area contributed by atoms with Gasteiger partial charge in [0.2, 0.25) is 11.8 Å². The average molecular weight is 361 g/mol. The minimum Gasteiger partial charge on any atom is -0.332 e. The van der Waals surface area contributed by atoms with Crippen molar-refractivity contribution in [3.05, 3.63) is 42.5 Å². The van der Waals surface area contributed by atoms with Crippen LogP contribution in [-0.2, 0) is 9.59 Å². The highest BCUT2D eigenvalue weighted by molar-refractivity contribution is 7.99. The quantitative estimate of drug-likeness (QED) is 0.499. The zero-order chi connectivity index (χ0) is 18.1. The van der Waals surface area contributed by atoms with Gasteiger partial charge in [-0.15, -0.1) is 11.8 Å². The molecule has 136 valence electrons. The van der Waals surface area contributed by atoms with Gasteiger partial charge < -0.3 is 9.80 Å². The minimum atomic E-state index is -0.342. The van der Waals surface area contributed by atoms with Gasteiger partial charge in [0.15, 0.2) is 0 Å². The van der Waals surface area contributed by atoms with Crippen LogP contribution in [0.15, 0.2) is 47.4 Å². The van der Waals surface area contributed by atoms with E-state index in [1.54, 1.807) is 21.6 Å². The lowest BCUT2D eigenvalue weighted by molar-refractivity contribution is -0.155. The molecular weight excluding hydrogens is 332 g/mol. The average Bonchev–Trinajstić information content (AvgIpc) is 2.62. The zero-order valence-electron chi connectivity index (χ0n) is 15.2. The van der Waals surface area contributed by atoms with Crippen LogP contribution in [0.2, 0.25) is 0 Å². The number of hydrogen-bond donors (Lipinski definition) is 0. The molecule has 0 spiro atoms. The van der Waals surface area contributed by atoms with Gasteiger partial charge in [0.05, 0.1) is 6.54 Å². The Balaban J connectivity index is 1.93. The van der Waals surface area contributed by atoms with Gasteiger partial charge in [0, 0.05) is 23.7 Å². The van der Waals surface area contributed by atoms with E-state index in [9.17, 15) is 9.59 Å². The molecule has 5 heteroatoms. The van der Waals surface area contributed by atoms with E-state index in [0.717, 1.165) is 18.6 Å². The lowest BCUT2D eigenvalue weighted by Crippen LogP contribution is -2.59. The molecule has 1 aromatic rings. The molecule has 1 aliphatic rings. The molecule has 0 aromatic heterocycles. The molecular formula is C20H28N2O2S. The third-order valence-electron chi connectivity index (χ3n) is 4.19. The number of piperazine rings is 1. The van der Waals surface area contributed by atoms with E-state index in [2.05, 4.69) is 18.2 Å². The number of hydrogen-bond acceptors (Lipinski definition) is 3. The summed E-state index contributed by atoms with van der Waals surface area (Å²) in [6.07, 6.45) is 6.49. The topological polar surface area (TPSA) is 40.6 Å². The molecule has 1 aliphatic heterocycles. The highest BCUT2D eigenvalue weighted by Gasteiger charge is 2.37. The summed E-state index contributed by atoms with van der Waals surface area (Å²) >= 11 is 1.77. The third kappa shape index (κ3) is 5.63. The van der Waals surface area contributed by atoms with Crippen LogP contribution in [0, 0.1) is 0 Å². The number of carbonyl (C=O) groups excluding carboxylic acids is 2. The Kier molecular flexibility index (Phi) is 8.06. The predicted octanol–water partition coefficient (Wildman–Crippen LogP) is 3.58. The zero-order valence-corrected chi connectivity index (χ0v) is 16.0. The van der Waals surface area contributed by atoms with Crippen molar-refractivity contribution in [2.24, 2.45) is 0 Å². The molecule has 1 fully saturated rings. The molecule has 4 nitrogen and oxygen atoms in total. The predicted molar refractivity (Wildman–Crippen MR) is 104 cm³/mol. The smallest absolute Gasteiger partial charge is 0.246 e. The molecule has 0 aliphatic carbocycles. The van der Waals surface area contributed by atoms with Crippen molar-refractivity contribution < 1.29 is 9.59 Å². The first-order valence-electron chi connectivity index (χ1n) is 9.08. The van der Waals surface area contributed by atoms with Crippen LogP contribution in [0.3, 0.4) is 0 Å². The summed E-state index contributed by atoms with van der Waals surface area (Å²) in [6.45, 7) is 5.62. The minimum absolute atomic E-state index is 0.0759. The summed E-state index contributed by atoms with van der Waals surface area (Å²) in [6, 6.07) is 9.91. The molecule has 2 rings (SSSR count). The summed E-state index contributed by atoms with van der Waals surface area (Å²) in [5.41, 5.74) is 0. The molecule has 0 bridgehead atoms. The monoisotopic (exact) mass is 360 g/mol. The van der Waals surface area contributed by atoms with Gasteiger partial charge in [-0.2, -0.15) is 0 Å². The number of nitrogens with zero attached hydrogens (tertiary/aromatic N) is 2. The molecule has 25 heavy (non-hydrogen) atoms. The maximum atomic E-state index is 12.7. The van der Waals surface area contributed by atoms with Crippen LogP contribution < -0.4 is 0 Å². The van der Waals surface area contributed by atoms with Crippen molar-refractivity contribution in [2.45, 2.75) is 44.0 Å². The maximum absolute atomic E-state index is 12.7. The molecule has 1 heterocycles. The molecule has 1 aromatic carbocycles. The maximum Gasteiger partial charge on any atom is 0.246 e. The first-order valence-corrected chi connectivity index (χ1v) is 10.1. The Labute approximate surface area is 155 Å². The SMILES string of the molecule is CCCN1CC(=O)N(CCC)C(C/C=C\CSc2ccccc2)C1=O. The molecule has 1 unspecified atom stereocenters. The van der Waals surface area contributed by atoms with Crippen molar-refractivity contribution in [2.75, 3.05) is 25.4 Å². The third-order valence-corrected chi connectivity index (χ3v) is 5.16. The summed E-state index contributed by atoms with van der Waals surface area (Å²) in [4.78, 5) is 29.8. The van der Waals surface area contributed by atoms with E-state index < -0.39 is 0 Å². The number of amides is 2. The van der Waals surface area contributed by atoms with E-state index in [-0.39, 0.29) is 24.4 Å². The summed E-state index contributed by atoms with van der Waals surface area (Å²) in [7, 11) is 0. The summed E-state index contributed by atoms with van der Waals surface area (Å²) in [5, 5.41) is 0. The first kappa shape index (κ1) is 19.6. The van der Waals surface area contributed by atoms with Crippen molar-refractivity contribution in [3.8, 4) is 0 Å². The van der Waals surface area contributed by atoms with E-state index in [4.69, 9.17) is 0 Å². The van der Waals surface area contributed by atoms with E-state index >= 15 is 0 Å². The van der Waals surface area contributed by atoms with Gasteiger partial charge in [-0.25, -0.2) is 0 Å². The second-order valence-corrected chi connectivity index (χ2v) is 7.29. The number of rotatable bonds is 9. The van der Waals surface area contributed by atoms with Gasteiger partial charge in [0.1, 0.15) is 6.04 Å². The standard InChI is InChI=1S/C20H28N2O2S/c1-3-13-21-16-19(23)22(14-4-2)18(20(21)24)12-8-9-15-25-17-10-6-5-7-11-17/h5-11,18H,3-4,12-16H2,1-2H3/b9-8-. The summed E-state index contributed by atoms with van der Waals surface area (Å²) in [5.74, 6) is 1.04. The normalized spacial score (nSPS) is 18.4. The molecule has 2 amide bonds. The molecule has 0 radical (unpaired) electrons. The van der Waals surface area contributed by atoms with Crippen molar-refractivity contribution >= 4 is 23.6 Å². The molecule has 0 N–H and O–H groups in total. The molecule has 1 atom stereocenters. The number of benzene rings is 1. The Morgan fingerprint density at radius 2 is 1.80 bits per heavy atom. The van der Waals surface area contributed by atoms with Crippen LogP contribution in [0.25, 0.3) is 0 Å². The number of carbonyl (C=O) groups is 2. The largest absolute Gasteiger partial charge is 0.332 e. The molecule has 1 saturated heterocycles. The second kappa shape index (κ2) is 10.3. The fraction of sp³-hybridized carbons (Fsp3) is 0.500. The van der Waals surface area contributed by atoms with Crippen molar-refractivity contribution in [1.29, 1.82) is 0 Å². The lowest BCUT2D eigenvalue weighted by Gasteiger charge is -2.40. The Bertz CT molecular complexity index is 589. The highest BCUT2D eigenvalue weighted by Crippen LogP contribution is 2.19. The Morgan fingerprint density at radius 3 is 2.48 bits per heavy atom. The fourth-order valence-electron chi connectivity index (χ4n) is 3.01. The van der Waals surface area contributed by atoms with Gasteiger partial charge in [-0.05, 0) is 31.4 Å². The highest BCUT2D eigenvalue weighted by atomic mass is 32.2. The Morgan fingerprint density at radius 1 is 1.08 bits per heavy atom. The van der Waals surface area contributed by atoms with Gasteiger partial charge in [-0.3, -0.25) is 9.59 Å². The van der Waals surface area contributed by atoms with Crippen LogP contribution in [0.4, 0.5) is 0 Å². The Hall–Kier alpha value is -1.75. The molecule has 0 saturated carbocycles. The van der Waals surface area contributed by atoms with E-state index in [0.29, 0.717) is 19.5 Å². The van der Waals surface area contributed by atoms with Gasteiger partial charge >= 0.3 is 0 Å². The van der Waals surface area contributed by atoms with Crippen molar-refractivity contribution in [1.82, 2.24) is 9.80 Å². The van der Waals surface area contributed by atoms with Crippen LogP contribution in [0.1, 0.15) is 33.1 Å². The van der Waals surface area contributed by atoms with E-state index in [1.165, 1.54) is 4.90 Å². The van der Waals surface area contributed by atoms with E-state index in [1.807, 2.05) is 38.1 Å². The number of thioether (sulfide) groups is 1. The van der Waals surface area contributed by atoms with Crippen LogP contribution in [0.5, 0.6) is 0 Å². The fourth-order valence-corrected chi connectivity index (χ4v) is 3.79. The summed E-state index contributed by atoms with van der Waals surface area (Å²) < 4.78 is 0. The first-order chi connectivity index (χ1) is 12.2. The second-order valence-electron chi connectivity index (χ2n) is 6.19. The van der Waals surface area contributed by atoms with Crippen LogP contribution in [-0.4, -0.2) is 53.0 Å². The van der Waals surface area contributed by atoms with Crippen molar-refractivity contribution in [3.63, 3.8) is 0 Å². The van der Waals surface area contributed by atoms with Crippen LogP contribution >= 0.6 is 11.8 Å². The van der Waals surface area contributed by atoms with Gasteiger partial charge in [0.25, 0.3) is 0 Å². The van der Waals surface area contributed by atoms with Gasteiger partial charge in [-0.1, -0.05) is 44.2 Å².